The van der Waals surface area contributed by atoms with Crippen LogP contribution >= 0.6 is 11.8 Å². The molecule has 0 radical (unpaired) electrons. The first-order valence-corrected chi connectivity index (χ1v) is 9.20. The number of carbonyl (C=O) groups excluding carboxylic acids is 1. The smallest absolute Gasteiger partial charge is 0.248 e. The fraction of sp³-hybridized carbons (Fsp3) is 0.444. The van der Waals surface area contributed by atoms with Crippen LogP contribution < -0.4 is 5.73 Å². The van der Waals surface area contributed by atoms with Crippen LogP contribution in [0.3, 0.4) is 0 Å². The lowest BCUT2D eigenvalue weighted by atomic mass is 10.1. The maximum Gasteiger partial charge on any atom is 0.248 e. The van der Waals surface area contributed by atoms with Crippen molar-refractivity contribution >= 4 is 17.7 Å². The SMILES string of the molecule is Cc1nc(SCc2ccc(C(N)=O)cc2)n(C[C@H]2CCCO2)c1C. The fourth-order valence-corrected chi connectivity index (χ4v) is 3.91. The summed E-state index contributed by atoms with van der Waals surface area (Å²) in [5.41, 5.74) is 9.23. The van der Waals surface area contributed by atoms with Gasteiger partial charge in [0.2, 0.25) is 5.91 Å². The van der Waals surface area contributed by atoms with Crippen molar-refractivity contribution in [1.29, 1.82) is 0 Å². The molecule has 0 unspecified atom stereocenters. The Labute approximate surface area is 146 Å². The Hall–Kier alpha value is -1.79. The number of aromatic nitrogens is 2. The summed E-state index contributed by atoms with van der Waals surface area (Å²) < 4.78 is 8.04. The van der Waals surface area contributed by atoms with Crippen molar-refractivity contribution in [2.24, 2.45) is 5.73 Å². The van der Waals surface area contributed by atoms with Gasteiger partial charge in [0.05, 0.1) is 18.3 Å². The molecule has 24 heavy (non-hydrogen) atoms. The quantitative estimate of drug-likeness (QED) is 0.817. The summed E-state index contributed by atoms with van der Waals surface area (Å²) in [5, 5.41) is 1.03. The Kier molecular flexibility index (Phi) is 5.26. The van der Waals surface area contributed by atoms with Crippen molar-refractivity contribution in [3.05, 3.63) is 46.8 Å². The van der Waals surface area contributed by atoms with Gasteiger partial charge in [-0.25, -0.2) is 4.98 Å². The van der Waals surface area contributed by atoms with Gasteiger partial charge < -0.3 is 15.0 Å². The van der Waals surface area contributed by atoms with Crippen LogP contribution in [0.25, 0.3) is 0 Å². The molecule has 0 aliphatic carbocycles. The number of ether oxygens (including phenoxy) is 1. The number of hydrogen-bond acceptors (Lipinski definition) is 4. The standard InChI is InChI=1S/C18H23N3O2S/c1-12-13(2)21(10-16-4-3-9-23-16)18(20-12)24-11-14-5-7-15(8-6-14)17(19)22/h5-8,16H,3-4,9-11H2,1-2H3,(H2,19,22)/t16-/m1/s1. The molecule has 2 N–H and O–H groups in total. The predicted octanol–water partition coefficient (Wildman–Crippen LogP) is 3.07. The maximum atomic E-state index is 11.1. The van der Waals surface area contributed by atoms with Crippen molar-refractivity contribution in [2.75, 3.05) is 6.61 Å². The van der Waals surface area contributed by atoms with Crippen LogP contribution in [0.4, 0.5) is 0 Å². The summed E-state index contributed by atoms with van der Waals surface area (Å²) in [6, 6.07) is 7.43. The highest BCUT2D eigenvalue weighted by molar-refractivity contribution is 7.98. The molecule has 1 amide bonds. The van der Waals surface area contributed by atoms with E-state index in [2.05, 4.69) is 11.5 Å². The fourth-order valence-electron chi connectivity index (χ4n) is 2.85. The summed E-state index contributed by atoms with van der Waals surface area (Å²) in [6.07, 6.45) is 2.56. The largest absolute Gasteiger partial charge is 0.376 e. The second kappa shape index (κ2) is 7.40. The van der Waals surface area contributed by atoms with Gasteiger partial charge in [-0.3, -0.25) is 4.79 Å². The van der Waals surface area contributed by atoms with Crippen LogP contribution in [-0.4, -0.2) is 28.2 Å². The van der Waals surface area contributed by atoms with Crippen LogP contribution in [0.5, 0.6) is 0 Å². The minimum atomic E-state index is -0.396. The normalized spacial score (nSPS) is 17.3. The molecule has 1 aliphatic heterocycles. The molecule has 1 aromatic heterocycles. The van der Waals surface area contributed by atoms with E-state index in [1.54, 1.807) is 23.9 Å². The van der Waals surface area contributed by atoms with E-state index in [4.69, 9.17) is 15.5 Å². The van der Waals surface area contributed by atoms with E-state index in [0.717, 1.165) is 48.2 Å². The molecule has 1 atom stereocenters. The van der Waals surface area contributed by atoms with Gasteiger partial charge in [-0.05, 0) is 44.4 Å². The number of hydrogen-bond donors (Lipinski definition) is 1. The third-order valence-corrected chi connectivity index (χ3v) is 5.49. The van der Waals surface area contributed by atoms with E-state index in [9.17, 15) is 4.79 Å². The number of nitrogens with zero attached hydrogens (tertiary/aromatic N) is 2. The Morgan fingerprint density at radius 1 is 1.38 bits per heavy atom. The first kappa shape index (κ1) is 17.0. The molecule has 3 rings (SSSR count). The summed E-state index contributed by atoms with van der Waals surface area (Å²) in [5.74, 6) is 0.410. The van der Waals surface area contributed by atoms with Crippen molar-refractivity contribution < 1.29 is 9.53 Å². The van der Waals surface area contributed by atoms with Crippen LogP contribution in [0.2, 0.25) is 0 Å². The maximum absolute atomic E-state index is 11.1. The third-order valence-electron chi connectivity index (χ3n) is 4.44. The van der Waals surface area contributed by atoms with Crippen molar-refractivity contribution in [2.45, 2.75) is 50.2 Å². The number of imidazole rings is 1. The van der Waals surface area contributed by atoms with Gasteiger partial charge in [0.15, 0.2) is 5.16 Å². The number of amides is 1. The van der Waals surface area contributed by atoms with Gasteiger partial charge in [-0.2, -0.15) is 0 Å². The van der Waals surface area contributed by atoms with Crippen molar-refractivity contribution in [3.63, 3.8) is 0 Å². The second-order valence-corrected chi connectivity index (χ2v) is 7.10. The molecule has 2 heterocycles. The van der Waals surface area contributed by atoms with Crippen LogP contribution in [0.1, 0.15) is 40.2 Å². The minimum Gasteiger partial charge on any atom is -0.376 e. The molecule has 0 spiro atoms. The Balaban J connectivity index is 1.70. The molecule has 2 aromatic rings. The zero-order valence-electron chi connectivity index (χ0n) is 14.1. The summed E-state index contributed by atoms with van der Waals surface area (Å²) >= 11 is 1.71. The first-order chi connectivity index (χ1) is 11.5. The molecule has 5 nitrogen and oxygen atoms in total. The highest BCUT2D eigenvalue weighted by Gasteiger charge is 2.20. The van der Waals surface area contributed by atoms with Crippen LogP contribution in [0.15, 0.2) is 29.4 Å². The number of rotatable bonds is 6. The van der Waals surface area contributed by atoms with Gasteiger partial charge in [-0.15, -0.1) is 0 Å². The zero-order chi connectivity index (χ0) is 17.1. The van der Waals surface area contributed by atoms with E-state index in [-0.39, 0.29) is 0 Å². The highest BCUT2D eigenvalue weighted by atomic mass is 32.2. The van der Waals surface area contributed by atoms with Gasteiger partial charge in [-0.1, -0.05) is 23.9 Å². The van der Waals surface area contributed by atoms with E-state index in [1.165, 1.54) is 5.69 Å². The monoisotopic (exact) mass is 345 g/mol. The van der Waals surface area contributed by atoms with Gasteiger partial charge in [0, 0.05) is 23.6 Å². The number of nitrogens with two attached hydrogens (primary N) is 1. The average Bonchev–Trinajstić information content (AvgIpc) is 3.17. The molecule has 6 heteroatoms. The number of carbonyl (C=O) groups is 1. The number of thioether (sulfide) groups is 1. The molecular formula is C18H23N3O2S. The molecule has 1 saturated heterocycles. The lowest BCUT2D eigenvalue weighted by Crippen LogP contribution is -2.16. The van der Waals surface area contributed by atoms with Gasteiger partial charge >= 0.3 is 0 Å². The number of aryl methyl sites for hydroxylation is 1. The predicted molar refractivity (Wildman–Crippen MR) is 95.2 cm³/mol. The minimum absolute atomic E-state index is 0.298. The highest BCUT2D eigenvalue weighted by Crippen LogP contribution is 2.26. The van der Waals surface area contributed by atoms with E-state index >= 15 is 0 Å². The second-order valence-electron chi connectivity index (χ2n) is 6.16. The molecular weight excluding hydrogens is 322 g/mol. The molecule has 0 bridgehead atoms. The van der Waals surface area contributed by atoms with Crippen LogP contribution in [-0.2, 0) is 17.0 Å². The lowest BCUT2D eigenvalue weighted by molar-refractivity contribution is 0.0944. The van der Waals surface area contributed by atoms with Gasteiger partial charge in [0.1, 0.15) is 0 Å². The van der Waals surface area contributed by atoms with Crippen LogP contribution in [0, 0.1) is 13.8 Å². The molecule has 1 aliphatic rings. The van der Waals surface area contributed by atoms with Crippen molar-refractivity contribution in [1.82, 2.24) is 9.55 Å². The summed E-state index contributed by atoms with van der Waals surface area (Å²) in [7, 11) is 0. The van der Waals surface area contributed by atoms with Crippen molar-refractivity contribution in [3.8, 4) is 0 Å². The Bertz CT molecular complexity index is 719. The summed E-state index contributed by atoms with van der Waals surface area (Å²) in [4.78, 5) is 15.8. The van der Waals surface area contributed by atoms with Gasteiger partial charge in [0.25, 0.3) is 0 Å². The Morgan fingerprint density at radius 3 is 2.75 bits per heavy atom. The zero-order valence-corrected chi connectivity index (χ0v) is 14.9. The number of benzene rings is 1. The summed E-state index contributed by atoms with van der Waals surface area (Å²) in [6.45, 7) is 5.90. The van der Waals surface area contributed by atoms with E-state index < -0.39 is 5.91 Å². The first-order valence-electron chi connectivity index (χ1n) is 8.21. The third kappa shape index (κ3) is 3.82. The molecule has 1 fully saturated rings. The van der Waals surface area contributed by atoms with E-state index in [1.807, 2.05) is 19.1 Å². The molecule has 0 saturated carbocycles. The molecule has 1 aromatic carbocycles. The van der Waals surface area contributed by atoms with E-state index in [0.29, 0.717) is 11.7 Å². The Morgan fingerprint density at radius 2 is 2.12 bits per heavy atom. The molecule has 128 valence electrons. The average molecular weight is 345 g/mol. The lowest BCUT2D eigenvalue weighted by Gasteiger charge is -2.14. The number of primary amides is 1. The topological polar surface area (TPSA) is 70.1 Å².